The first kappa shape index (κ1) is 11.3. The Bertz CT molecular complexity index is 457. The van der Waals surface area contributed by atoms with E-state index in [1.165, 1.54) is 6.92 Å². The number of carboxylic acid groups (broad SMARTS) is 2. The lowest BCUT2D eigenvalue weighted by Gasteiger charge is -2.07. The van der Waals surface area contributed by atoms with Gasteiger partial charge >= 0.3 is 11.9 Å². The summed E-state index contributed by atoms with van der Waals surface area (Å²) in [5.41, 5.74) is -1.50. The number of aromatic carboxylic acids is 2. The molecule has 0 aliphatic rings. The Kier molecular flexibility index (Phi) is 2.81. The van der Waals surface area contributed by atoms with Gasteiger partial charge in [0.1, 0.15) is 16.3 Å². The first-order valence-electron chi connectivity index (χ1n) is 3.72. The van der Waals surface area contributed by atoms with Crippen molar-refractivity contribution in [3.63, 3.8) is 0 Å². The number of aromatic hydroxyl groups is 1. The molecule has 0 aliphatic carbocycles. The molecule has 1 aromatic heterocycles. The second-order valence-corrected chi connectivity index (χ2v) is 3.05. The Balaban J connectivity index is 3.69. The Morgan fingerprint density at radius 1 is 1.20 bits per heavy atom. The van der Waals surface area contributed by atoms with Crippen molar-refractivity contribution < 1.29 is 24.9 Å². The van der Waals surface area contributed by atoms with Gasteiger partial charge in [0, 0.05) is 0 Å². The van der Waals surface area contributed by atoms with Crippen LogP contribution in [0.5, 0.6) is 5.75 Å². The number of carboxylic acids is 2. The van der Waals surface area contributed by atoms with Crippen LogP contribution in [0.4, 0.5) is 0 Å². The SMILES string of the molecule is Cc1nc(Cl)c(C(=O)O)c(C(=O)O)c1O. The number of hydrogen-bond donors (Lipinski definition) is 3. The fourth-order valence-electron chi connectivity index (χ4n) is 1.06. The molecular weight excluding hydrogens is 226 g/mol. The summed E-state index contributed by atoms with van der Waals surface area (Å²) < 4.78 is 0. The van der Waals surface area contributed by atoms with Crippen LogP contribution in [-0.4, -0.2) is 32.2 Å². The second kappa shape index (κ2) is 3.74. The molecule has 1 aromatic rings. The summed E-state index contributed by atoms with van der Waals surface area (Å²) in [5.74, 6) is -3.82. The third-order valence-corrected chi connectivity index (χ3v) is 2.00. The predicted octanol–water partition coefficient (Wildman–Crippen LogP) is 1.15. The van der Waals surface area contributed by atoms with E-state index in [0.717, 1.165) is 0 Å². The highest BCUT2D eigenvalue weighted by Gasteiger charge is 2.26. The molecule has 0 aliphatic heterocycles. The first-order chi connectivity index (χ1) is 6.86. The smallest absolute Gasteiger partial charge is 0.340 e. The lowest BCUT2D eigenvalue weighted by atomic mass is 10.1. The quantitative estimate of drug-likeness (QED) is 0.659. The van der Waals surface area contributed by atoms with E-state index in [2.05, 4.69) is 4.98 Å². The topological polar surface area (TPSA) is 108 Å². The largest absolute Gasteiger partial charge is 0.505 e. The molecule has 0 spiro atoms. The number of carbonyl (C=O) groups is 2. The van der Waals surface area contributed by atoms with Crippen molar-refractivity contribution >= 4 is 23.5 Å². The molecule has 1 heterocycles. The molecule has 3 N–H and O–H groups in total. The number of pyridine rings is 1. The van der Waals surface area contributed by atoms with Gasteiger partial charge in [-0.25, -0.2) is 14.6 Å². The molecule has 7 heteroatoms. The van der Waals surface area contributed by atoms with Crippen molar-refractivity contribution in [2.75, 3.05) is 0 Å². The summed E-state index contributed by atoms with van der Waals surface area (Å²) in [6.07, 6.45) is 0. The standard InChI is InChI=1S/C8H6ClNO5/c1-2-5(11)3(7(12)13)4(8(14)15)6(9)10-2/h11H,1H3,(H,12,13)(H,14,15). The van der Waals surface area contributed by atoms with Crippen LogP contribution < -0.4 is 0 Å². The molecule has 0 bridgehead atoms. The number of aromatic nitrogens is 1. The number of hydrogen-bond acceptors (Lipinski definition) is 4. The molecule has 0 radical (unpaired) electrons. The molecule has 0 amide bonds. The summed E-state index contributed by atoms with van der Waals surface area (Å²) in [4.78, 5) is 25.0. The van der Waals surface area contributed by atoms with Crippen LogP contribution in [0.2, 0.25) is 5.15 Å². The van der Waals surface area contributed by atoms with Gasteiger partial charge in [0.15, 0.2) is 5.75 Å². The molecule has 0 saturated heterocycles. The van der Waals surface area contributed by atoms with E-state index in [0.29, 0.717) is 0 Å². The second-order valence-electron chi connectivity index (χ2n) is 2.70. The highest BCUT2D eigenvalue weighted by molar-refractivity contribution is 6.33. The van der Waals surface area contributed by atoms with Gasteiger partial charge in [-0.3, -0.25) is 0 Å². The van der Waals surface area contributed by atoms with Crippen LogP contribution in [0.15, 0.2) is 0 Å². The average molecular weight is 232 g/mol. The minimum absolute atomic E-state index is 0.0394. The fraction of sp³-hybridized carbons (Fsp3) is 0.125. The molecule has 6 nitrogen and oxygen atoms in total. The van der Waals surface area contributed by atoms with Crippen molar-refractivity contribution in [3.05, 3.63) is 22.0 Å². The van der Waals surface area contributed by atoms with E-state index < -0.39 is 34.0 Å². The Morgan fingerprint density at radius 3 is 2.07 bits per heavy atom. The van der Waals surface area contributed by atoms with Gasteiger partial charge in [-0.05, 0) is 6.92 Å². The van der Waals surface area contributed by atoms with E-state index in [-0.39, 0.29) is 5.69 Å². The van der Waals surface area contributed by atoms with E-state index in [1.54, 1.807) is 0 Å². The third kappa shape index (κ3) is 1.84. The lowest BCUT2D eigenvalue weighted by molar-refractivity contribution is 0.0647. The monoisotopic (exact) mass is 231 g/mol. The maximum atomic E-state index is 10.7. The van der Waals surface area contributed by atoms with Crippen LogP contribution in [0, 0.1) is 6.92 Å². The van der Waals surface area contributed by atoms with E-state index in [4.69, 9.17) is 21.8 Å². The molecule has 0 unspecified atom stereocenters. The number of nitrogens with zero attached hydrogens (tertiary/aromatic N) is 1. The normalized spacial score (nSPS) is 10.0. The number of halogens is 1. The van der Waals surface area contributed by atoms with Gasteiger partial charge in [-0.2, -0.15) is 0 Å². The molecular formula is C8H6ClNO5. The maximum Gasteiger partial charge on any atom is 0.340 e. The molecule has 0 fully saturated rings. The molecule has 0 aromatic carbocycles. The lowest BCUT2D eigenvalue weighted by Crippen LogP contribution is -2.11. The Morgan fingerprint density at radius 2 is 1.67 bits per heavy atom. The van der Waals surface area contributed by atoms with Crippen molar-refractivity contribution in [2.45, 2.75) is 6.92 Å². The van der Waals surface area contributed by atoms with Crippen molar-refractivity contribution in [3.8, 4) is 5.75 Å². The summed E-state index contributed by atoms with van der Waals surface area (Å²) in [6, 6.07) is 0. The highest BCUT2D eigenvalue weighted by atomic mass is 35.5. The maximum absolute atomic E-state index is 10.7. The van der Waals surface area contributed by atoms with Crippen molar-refractivity contribution in [1.82, 2.24) is 4.98 Å². The summed E-state index contributed by atoms with van der Waals surface area (Å²) in [6.45, 7) is 1.32. The zero-order chi connectivity index (χ0) is 11.7. The zero-order valence-electron chi connectivity index (χ0n) is 7.48. The molecule has 0 atom stereocenters. The highest BCUT2D eigenvalue weighted by Crippen LogP contribution is 2.28. The van der Waals surface area contributed by atoms with Gasteiger partial charge in [-0.1, -0.05) is 11.6 Å². The number of rotatable bonds is 2. The van der Waals surface area contributed by atoms with Gasteiger partial charge in [0.25, 0.3) is 0 Å². The minimum Gasteiger partial charge on any atom is -0.505 e. The van der Waals surface area contributed by atoms with Crippen LogP contribution in [-0.2, 0) is 0 Å². The predicted molar refractivity (Wildman–Crippen MR) is 49.6 cm³/mol. The van der Waals surface area contributed by atoms with E-state index in [1.807, 2.05) is 0 Å². The Hall–Kier alpha value is -1.82. The molecule has 0 saturated carbocycles. The number of aryl methyl sites for hydroxylation is 1. The van der Waals surface area contributed by atoms with E-state index in [9.17, 15) is 14.7 Å². The van der Waals surface area contributed by atoms with Crippen LogP contribution in [0.25, 0.3) is 0 Å². The summed E-state index contributed by atoms with van der Waals surface area (Å²) in [5, 5.41) is 26.3. The van der Waals surface area contributed by atoms with Crippen LogP contribution >= 0.6 is 11.6 Å². The van der Waals surface area contributed by atoms with E-state index >= 15 is 0 Å². The third-order valence-electron chi connectivity index (χ3n) is 1.73. The zero-order valence-corrected chi connectivity index (χ0v) is 8.24. The van der Waals surface area contributed by atoms with Crippen molar-refractivity contribution in [2.24, 2.45) is 0 Å². The van der Waals surface area contributed by atoms with Gasteiger partial charge in [-0.15, -0.1) is 0 Å². The van der Waals surface area contributed by atoms with Crippen molar-refractivity contribution in [1.29, 1.82) is 0 Å². The fourth-order valence-corrected chi connectivity index (χ4v) is 1.36. The molecule has 15 heavy (non-hydrogen) atoms. The summed E-state index contributed by atoms with van der Waals surface area (Å²) >= 11 is 5.48. The summed E-state index contributed by atoms with van der Waals surface area (Å²) in [7, 11) is 0. The average Bonchev–Trinajstić information content (AvgIpc) is 2.09. The van der Waals surface area contributed by atoms with Gasteiger partial charge in [0.05, 0.1) is 5.69 Å². The van der Waals surface area contributed by atoms with Crippen LogP contribution in [0.3, 0.4) is 0 Å². The van der Waals surface area contributed by atoms with Crippen LogP contribution in [0.1, 0.15) is 26.4 Å². The Labute approximate surface area is 88.8 Å². The first-order valence-corrected chi connectivity index (χ1v) is 4.09. The van der Waals surface area contributed by atoms with Gasteiger partial charge < -0.3 is 15.3 Å². The molecule has 80 valence electrons. The van der Waals surface area contributed by atoms with Gasteiger partial charge in [0.2, 0.25) is 0 Å². The molecule has 1 rings (SSSR count). The minimum atomic E-state index is -1.57.